The summed E-state index contributed by atoms with van der Waals surface area (Å²) in [7, 11) is 0. The molecule has 0 atom stereocenters. The van der Waals surface area contributed by atoms with E-state index in [9.17, 15) is 18.4 Å². The van der Waals surface area contributed by atoms with E-state index in [1.54, 1.807) is 6.92 Å². The zero-order chi connectivity index (χ0) is 16.0. The second-order valence-electron chi connectivity index (χ2n) is 4.54. The molecule has 0 saturated carbocycles. The summed E-state index contributed by atoms with van der Waals surface area (Å²) < 4.78 is 38.3. The van der Waals surface area contributed by atoms with Crippen LogP contribution in [0.3, 0.4) is 0 Å². The summed E-state index contributed by atoms with van der Waals surface area (Å²) in [6, 6.07) is 0.698. The Bertz CT molecular complexity index is 900. The lowest BCUT2D eigenvalue weighted by Gasteiger charge is -2.21. The van der Waals surface area contributed by atoms with Crippen LogP contribution in [0.5, 0.6) is 11.5 Å². The maximum absolute atomic E-state index is 13.8. The molecular weight excluding hydrogens is 300 g/mol. The van der Waals surface area contributed by atoms with E-state index < -0.39 is 34.7 Å². The lowest BCUT2D eigenvalue weighted by Crippen LogP contribution is -2.19. The third-order valence-corrected chi connectivity index (χ3v) is 3.29. The summed E-state index contributed by atoms with van der Waals surface area (Å²) in [4.78, 5) is 22.9. The molecule has 0 aliphatic carbocycles. The first-order valence-electron chi connectivity index (χ1n) is 6.28. The van der Waals surface area contributed by atoms with Gasteiger partial charge in [-0.25, -0.2) is 9.18 Å². The number of halogens is 2. The number of carbonyl (C=O) groups is 1. The molecule has 0 unspecified atom stereocenters. The molecule has 0 amide bonds. The van der Waals surface area contributed by atoms with Crippen LogP contribution < -0.4 is 14.9 Å². The SMILES string of the molecule is CCC1=COc2c(F)c(F)cc3c(=O)c(OC(=O)O)cn1c23. The van der Waals surface area contributed by atoms with Crippen LogP contribution in [0.25, 0.3) is 16.6 Å². The maximum Gasteiger partial charge on any atom is 0.511 e. The van der Waals surface area contributed by atoms with E-state index in [-0.39, 0.29) is 10.9 Å². The number of aromatic nitrogens is 1. The van der Waals surface area contributed by atoms with E-state index >= 15 is 0 Å². The Balaban J connectivity index is 2.46. The van der Waals surface area contributed by atoms with Gasteiger partial charge in [0.05, 0.1) is 17.3 Å². The van der Waals surface area contributed by atoms with Crippen LogP contribution in [0.15, 0.2) is 23.3 Å². The third kappa shape index (κ3) is 1.92. The van der Waals surface area contributed by atoms with Gasteiger partial charge < -0.3 is 19.1 Å². The number of nitrogens with zero attached hydrogens (tertiary/aromatic N) is 1. The van der Waals surface area contributed by atoms with Gasteiger partial charge in [-0.15, -0.1) is 0 Å². The number of hydrogen-bond donors (Lipinski definition) is 1. The number of ether oxygens (including phenoxy) is 2. The summed E-state index contributed by atoms with van der Waals surface area (Å²) in [6.45, 7) is 1.78. The van der Waals surface area contributed by atoms with Gasteiger partial charge in [-0.3, -0.25) is 4.79 Å². The summed E-state index contributed by atoms with van der Waals surface area (Å²) >= 11 is 0. The highest BCUT2D eigenvalue weighted by molar-refractivity contribution is 5.90. The highest BCUT2D eigenvalue weighted by Crippen LogP contribution is 2.36. The summed E-state index contributed by atoms with van der Waals surface area (Å²) in [5, 5.41) is 8.44. The summed E-state index contributed by atoms with van der Waals surface area (Å²) in [5.74, 6) is -3.42. The second-order valence-corrected chi connectivity index (χ2v) is 4.54. The lowest BCUT2D eigenvalue weighted by molar-refractivity contribution is 0.144. The Kier molecular flexibility index (Phi) is 3.09. The zero-order valence-electron chi connectivity index (χ0n) is 11.2. The van der Waals surface area contributed by atoms with Gasteiger partial charge in [0.1, 0.15) is 11.8 Å². The molecule has 0 bridgehead atoms. The molecule has 1 aromatic heterocycles. The zero-order valence-corrected chi connectivity index (χ0v) is 11.2. The van der Waals surface area contributed by atoms with Crippen LogP contribution in [0.2, 0.25) is 0 Å². The Morgan fingerprint density at radius 1 is 1.45 bits per heavy atom. The van der Waals surface area contributed by atoms with Crippen molar-refractivity contribution in [1.29, 1.82) is 0 Å². The number of allylic oxidation sites excluding steroid dienone is 1. The molecule has 0 radical (unpaired) electrons. The Hall–Kier alpha value is -2.90. The normalized spacial score (nSPS) is 12.8. The van der Waals surface area contributed by atoms with Gasteiger partial charge in [0.25, 0.3) is 0 Å². The fourth-order valence-corrected chi connectivity index (χ4v) is 2.32. The van der Waals surface area contributed by atoms with E-state index in [2.05, 4.69) is 4.74 Å². The molecule has 1 aliphatic rings. The van der Waals surface area contributed by atoms with E-state index in [4.69, 9.17) is 9.84 Å². The van der Waals surface area contributed by atoms with Gasteiger partial charge >= 0.3 is 6.16 Å². The second kappa shape index (κ2) is 4.83. The largest absolute Gasteiger partial charge is 0.511 e. The maximum atomic E-state index is 13.8. The molecular formula is C14H9F2NO5. The number of hydrogen-bond acceptors (Lipinski definition) is 4. The fourth-order valence-electron chi connectivity index (χ4n) is 2.32. The molecule has 3 rings (SSSR count). The van der Waals surface area contributed by atoms with Crippen LogP contribution in [0.4, 0.5) is 13.6 Å². The molecule has 114 valence electrons. The molecule has 1 aliphatic heterocycles. The smallest absolute Gasteiger partial charge is 0.458 e. The van der Waals surface area contributed by atoms with Gasteiger partial charge in [-0.1, -0.05) is 6.92 Å². The van der Waals surface area contributed by atoms with E-state index in [0.717, 1.165) is 6.20 Å². The first kappa shape index (κ1) is 14.1. The Morgan fingerprint density at radius 2 is 2.18 bits per heavy atom. The van der Waals surface area contributed by atoms with Crippen LogP contribution in [0.1, 0.15) is 13.3 Å². The summed E-state index contributed by atoms with van der Waals surface area (Å²) in [6.07, 6.45) is 1.10. The molecule has 0 saturated heterocycles. The average molecular weight is 309 g/mol. The van der Waals surface area contributed by atoms with Gasteiger partial charge in [-0.2, -0.15) is 4.39 Å². The predicted octanol–water partition coefficient (Wildman–Crippen LogP) is 2.94. The van der Waals surface area contributed by atoms with Gasteiger partial charge in [-0.05, 0) is 12.5 Å². The van der Waals surface area contributed by atoms with Crippen LogP contribution in [0, 0.1) is 11.6 Å². The van der Waals surface area contributed by atoms with Crippen LogP contribution >= 0.6 is 0 Å². The minimum Gasteiger partial charge on any atom is -0.458 e. The number of benzene rings is 1. The highest BCUT2D eigenvalue weighted by atomic mass is 19.2. The highest BCUT2D eigenvalue weighted by Gasteiger charge is 2.25. The Morgan fingerprint density at radius 3 is 2.82 bits per heavy atom. The molecule has 1 N–H and O–H groups in total. The Labute approximate surface area is 121 Å². The molecule has 0 spiro atoms. The minimum absolute atomic E-state index is 0.0287. The molecule has 2 heterocycles. The molecule has 2 aromatic rings. The van der Waals surface area contributed by atoms with Crippen molar-refractivity contribution in [2.75, 3.05) is 0 Å². The van der Waals surface area contributed by atoms with Crippen molar-refractivity contribution in [2.45, 2.75) is 13.3 Å². The molecule has 22 heavy (non-hydrogen) atoms. The monoisotopic (exact) mass is 309 g/mol. The molecule has 0 fully saturated rings. The minimum atomic E-state index is -1.68. The number of rotatable bonds is 2. The molecule has 8 heteroatoms. The van der Waals surface area contributed by atoms with E-state index in [0.29, 0.717) is 18.2 Å². The van der Waals surface area contributed by atoms with Crippen molar-refractivity contribution in [3.63, 3.8) is 0 Å². The van der Waals surface area contributed by atoms with Gasteiger partial charge in [0, 0.05) is 0 Å². The van der Waals surface area contributed by atoms with Gasteiger partial charge in [0.2, 0.25) is 11.2 Å². The predicted molar refractivity (Wildman–Crippen MR) is 72.0 cm³/mol. The molecule has 6 nitrogen and oxygen atoms in total. The third-order valence-electron chi connectivity index (χ3n) is 3.29. The molecule has 1 aromatic carbocycles. The van der Waals surface area contributed by atoms with Crippen molar-refractivity contribution in [1.82, 2.24) is 4.57 Å². The van der Waals surface area contributed by atoms with Crippen LogP contribution in [-0.4, -0.2) is 15.8 Å². The number of pyridine rings is 1. The van der Waals surface area contributed by atoms with Crippen molar-refractivity contribution < 1.29 is 28.2 Å². The van der Waals surface area contributed by atoms with Gasteiger partial charge in [0.15, 0.2) is 17.3 Å². The van der Waals surface area contributed by atoms with Crippen LogP contribution in [-0.2, 0) is 0 Å². The fraction of sp³-hybridized carbons (Fsp3) is 0.143. The first-order chi connectivity index (χ1) is 10.4. The average Bonchev–Trinajstić information content (AvgIpc) is 2.48. The van der Waals surface area contributed by atoms with E-state index in [1.807, 2.05) is 0 Å². The van der Waals surface area contributed by atoms with Crippen molar-refractivity contribution in [3.05, 3.63) is 40.4 Å². The quantitative estimate of drug-likeness (QED) is 0.863. The summed E-state index contributed by atoms with van der Waals surface area (Å²) in [5.41, 5.74) is -0.311. The topological polar surface area (TPSA) is 77.8 Å². The van der Waals surface area contributed by atoms with Crippen molar-refractivity contribution in [2.24, 2.45) is 0 Å². The standard InChI is InChI=1S/C14H9F2NO5/c1-2-6-5-21-13-10(16)8(15)3-7-11(13)17(6)4-9(12(7)18)22-14(19)20/h3-5H,2H2,1H3,(H,19,20). The van der Waals surface area contributed by atoms with Crippen molar-refractivity contribution in [3.8, 4) is 11.5 Å². The van der Waals surface area contributed by atoms with Crippen molar-refractivity contribution >= 4 is 22.8 Å². The van der Waals surface area contributed by atoms with E-state index in [1.165, 1.54) is 10.8 Å². The first-order valence-corrected chi connectivity index (χ1v) is 6.28. The number of carboxylic acid groups (broad SMARTS) is 1. The lowest BCUT2D eigenvalue weighted by atomic mass is 10.1.